The Labute approximate surface area is 161 Å². The first-order chi connectivity index (χ1) is 12.9. The van der Waals surface area contributed by atoms with Crippen molar-refractivity contribution in [1.29, 1.82) is 0 Å². The minimum absolute atomic E-state index is 0.0737. The van der Waals surface area contributed by atoms with Gasteiger partial charge in [0.2, 0.25) is 5.91 Å². The lowest BCUT2D eigenvalue weighted by molar-refractivity contribution is -0.132. The molecule has 27 heavy (non-hydrogen) atoms. The first-order valence-electron chi connectivity index (χ1n) is 8.85. The molecule has 0 unspecified atom stereocenters. The van der Waals surface area contributed by atoms with Gasteiger partial charge in [-0.05, 0) is 26.0 Å². The van der Waals surface area contributed by atoms with Crippen molar-refractivity contribution < 1.29 is 9.90 Å². The number of fused-ring (bicyclic) bond motifs is 1. The zero-order valence-corrected chi connectivity index (χ0v) is 16.4. The van der Waals surface area contributed by atoms with Crippen molar-refractivity contribution in [1.82, 2.24) is 29.4 Å². The molecule has 4 heterocycles. The zero-order chi connectivity index (χ0) is 19.1. The summed E-state index contributed by atoms with van der Waals surface area (Å²) >= 11 is 1.62. The van der Waals surface area contributed by atoms with Crippen LogP contribution in [0.1, 0.15) is 38.8 Å². The minimum atomic E-state index is -0.833. The van der Waals surface area contributed by atoms with Gasteiger partial charge < -0.3 is 10.0 Å². The molecule has 9 heteroatoms. The van der Waals surface area contributed by atoms with Crippen LogP contribution >= 0.6 is 11.3 Å². The summed E-state index contributed by atoms with van der Waals surface area (Å²) in [5.74, 6) is 0.0737. The first-order valence-corrected chi connectivity index (χ1v) is 9.67. The van der Waals surface area contributed by atoms with E-state index in [0.717, 1.165) is 21.3 Å². The van der Waals surface area contributed by atoms with Crippen LogP contribution in [0.25, 0.3) is 0 Å². The lowest BCUT2D eigenvalue weighted by Gasteiger charge is -2.27. The van der Waals surface area contributed by atoms with E-state index in [9.17, 15) is 9.90 Å². The molecule has 1 aliphatic rings. The fraction of sp³-hybridized carbons (Fsp3) is 0.444. The maximum Gasteiger partial charge on any atom is 0.229 e. The van der Waals surface area contributed by atoms with Crippen LogP contribution in [-0.2, 0) is 31.4 Å². The van der Waals surface area contributed by atoms with Crippen LogP contribution in [0.5, 0.6) is 0 Å². The highest BCUT2D eigenvalue weighted by Crippen LogP contribution is 2.24. The predicted octanol–water partition coefficient (Wildman–Crippen LogP) is 1.36. The average molecular weight is 386 g/mol. The van der Waals surface area contributed by atoms with Crippen LogP contribution in [0.4, 0.5) is 0 Å². The molecular formula is C18H22N6O2S. The Kier molecular flexibility index (Phi) is 4.56. The molecule has 3 aromatic heterocycles. The maximum atomic E-state index is 12.7. The Morgan fingerprint density at radius 3 is 2.85 bits per heavy atom. The summed E-state index contributed by atoms with van der Waals surface area (Å²) in [4.78, 5) is 20.1. The molecular weight excluding hydrogens is 364 g/mol. The summed E-state index contributed by atoms with van der Waals surface area (Å²) in [6.07, 6.45) is 1.15. The normalized spacial score (nSPS) is 15.0. The topological polar surface area (TPSA) is 89.1 Å². The molecule has 0 saturated heterocycles. The van der Waals surface area contributed by atoms with E-state index in [1.165, 1.54) is 0 Å². The number of hydrogen-bond donors (Lipinski definition) is 1. The summed E-state index contributed by atoms with van der Waals surface area (Å²) < 4.78 is 3.51. The van der Waals surface area contributed by atoms with Gasteiger partial charge in [0.1, 0.15) is 6.10 Å². The fourth-order valence-corrected chi connectivity index (χ4v) is 4.26. The summed E-state index contributed by atoms with van der Waals surface area (Å²) in [7, 11) is 1.79. The Morgan fingerprint density at radius 2 is 2.19 bits per heavy atom. The minimum Gasteiger partial charge on any atom is -0.380 e. The number of thiazole rings is 1. The second-order valence-corrected chi connectivity index (χ2v) is 8.20. The molecule has 1 amide bonds. The predicted molar refractivity (Wildman–Crippen MR) is 100 cm³/mol. The van der Waals surface area contributed by atoms with Crippen LogP contribution in [0, 0.1) is 13.8 Å². The van der Waals surface area contributed by atoms with Crippen LogP contribution in [0.2, 0.25) is 0 Å². The highest BCUT2D eigenvalue weighted by Gasteiger charge is 2.26. The quantitative estimate of drug-likeness (QED) is 0.731. The van der Waals surface area contributed by atoms with Gasteiger partial charge in [0.15, 0.2) is 0 Å². The van der Waals surface area contributed by atoms with Gasteiger partial charge in [0.25, 0.3) is 0 Å². The van der Waals surface area contributed by atoms with E-state index in [1.807, 2.05) is 29.5 Å². The van der Waals surface area contributed by atoms with Crippen molar-refractivity contribution in [3.8, 4) is 0 Å². The molecule has 0 saturated carbocycles. The van der Waals surface area contributed by atoms with Gasteiger partial charge in [-0.15, -0.1) is 11.3 Å². The molecule has 0 bridgehead atoms. The van der Waals surface area contributed by atoms with Crippen molar-refractivity contribution in [3.05, 3.63) is 51.0 Å². The standard InChI is InChI=1S/C18H22N6O2S/c1-11-14(20-12(2)27-11)9-17(25)23-6-7-24-13(10-23)8-15(21-24)18(26)16-4-5-19-22(16)3/h4-5,8,18,26H,6-7,9-10H2,1-3H3/t18-/m1/s1. The van der Waals surface area contributed by atoms with Crippen molar-refractivity contribution in [2.75, 3.05) is 6.54 Å². The largest absolute Gasteiger partial charge is 0.380 e. The summed E-state index contributed by atoms with van der Waals surface area (Å²) in [6, 6.07) is 3.65. The fourth-order valence-electron chi connectivity index (χ4n) is 3.43. The first kappa shape index (κ1) is 17.9. The number of aliphatic hydroxyl groups excluding tert-OH is 1. The summed E-state index contributed by atoms with van der Waals surface area (Å²) in [5, 5.41) is 20.2. The SMILES string of the molecule is Cc1nc(CC(=O)N2CCn3nc([C@@H](O)c4ccnn4C)cc3C2)c(C)s1. The number of rotatable bonds is 4. The van der Waals surface area contributed by atoms with E-state index in [-0.39, 0.29) is 5.91 Å². The number of carbonyl (C=O) groups is 1. The molecule has 4 rings (SSSR count). The van der Waals surface area contributed by atoms with Crippen molar-refractivity contribution >= 4 is 17.2 Å². The third kappa shape index (κ3) is 3.40. The van der Waals surface area contributed by atoms with E-state index in [0.29, 0.717) is 37.4 Å². The number of aromatic nitrogens is 5. The van der Waals surface area contributed by atoms with Gasteiger partial charge in [-0.2, -0.15) is 10.2 Å². The number of aliphatic hydroxyl groups is 1. The number of carbonyl (C=O) groups excluding carboxylic acids is 1. The molecule has 1 N–H and O–H groups in total. The molecule has 0 aromatic carbocycles. The van der Waals surface area contributed by atoms with Crippen molar-refractivity contribution in [2.45, 2.75) is 39.5 Å². The van der Waals surface area contributed by atoms with E-state index in [4.69, 9.17) is 0 Å². The monoisotopic (exact) mass is 386 g/mol. The maximum absolute atomic E-state index is 12.7. The Morgan fingerprint density at radius 1 is 1.37 bits per heavy atom. The van der Waals surface area contributed by atoms with E-state index < -0.39 is 6.10 Å². The molecule has 8 nitrogen and oxygen atoms in total. The molecule has 1 atom stereocenters. The van der Waals surface area contributed by atoms with Gasteiger partial charge in [0.05, 0.1) is 47.3 Å². The highest BCUT2D eigenvalue weighted by atomic mass is 32.1. The third-order valence-corrected chi connectivity index (χ3v) is 5.84. The Hall–Kier alpha value is -2.52. The van der Waals surface area contributed by atoms with Gasteiger partial charge in [0, 0.05) is 24.7 Å². The van der Waals surface area contributed by atoms with Crippen molar-refractivity contribution in [3.63, 3.8) is 0 Å². The number of amides is 1. The number of hydrogen-bond acceptors (Lipinski definition) is 6. The Balaban J connectivity index is 1.48. The van der Waals surface area contributed by atoms with Gasteiger partial charge in [-0.25, -0.2) is 4.98 Å². The highest BCUT2D eigenvalue weighted by molar-refractivity contribution is 7.11. The molecule has 1 aliphatic heterocycles. The van der Waals surface area contributed by atoms with Gasteiger partial charge in [-0.3, -0.25) is 14.2 Å². The van der Waals surface area contributed by atoms with Crippen LogP contribution in [0.15, 0.2) is 18.3 Å². The smallest absolute Gasteiger partial charge is 0.229 e. The second kappa shape index (κ2) is 6.90. The molecule has 0 fully saturated rings. The molecule has 142 valence electrons. The van der Waals surface area contributed by atoms with E-state index >= 15 is 0 Å². The molecule has 0 radical (unpaired) electrons. The lowest BCUT2D eigenvalue weighted by Crippen LogP contribution is -2.39. The van der Waals surface area contributed by atoms with Gasteiger partial charge >= 0.3 is 0 Å². The van der Waals surface area contributed by atoms with E-state index in [2.05, 4.69) is 15.2 Å². The molecule has 3 aromatic rings. The molecule has 0 aliphatic carbocycles. The van der Waals surface area contributed by atoms with Crippen LogP contribution in [-0.4, -0.2) is 47.0 Å². The lowest BCUT2D eigenvalue weighted by atomic mass is 10.1. The number of nitrogens with zero attached hydrogens (tertiary/aromatic N) is 6. The van der Waals surface area contributed by atoms with Crippen LogP contribution < -0.4 is 0 Å². The molecule has 0 spiro atoms. The summed E-state index contributed by atoms with van der Waals surface area (Å²) in [5.41, 5.74) is 3.06. The second-order valence-electron chi connectivity index (χ2n) is 6.79. The summed E-state index contributed by atoms with van der Waals surface area (Å²) in [6.45, 7) is 5.68. The average Bonchev–Trinajstić information content (AvgIpc) is 3.32. The van der Waals surface area contributed by atoms with E-state index in [1.54, 1.807) is 35.3 Å². The van der Waals surface area contributed by atoms with Gasteiger partial charge in [-0.1, -0.05) is 0 Å². The zero-order valence-electron chi connectivity index (χ0n) is 15.6. The van der Waals surface area contributed by atoms with Crippen LogP contribution in [0.3, 0.4) is 0 Å². The Bertz CT molecular complexity index is 988. The third-order valence-electron chi connectivity index (χ3n) is 4.91. The van der Waals surface area contributed by atoms with Crippen molar-refractivity contribution in [2.24, 2.45) is 7.05 Å². The number of aryl methyl sites for hydroxylation is 3.